The summed E-state index contributed by atoms with van der Waals surface area (Å²) in [6.07, 6.45) is 1.78. The first-order chi connectivity index (χ1) is 21.0. The van der Waals surface area contributed by atoms with E-state index in [9.17, 15) is 14.4 Å². The average Bonchev–Trinajstić information content (AvgIpc) is 3.01. The summed E-state index contributed by atoms with van der Waals surface area (Å²) in [6.45, 7) is 2.11. The van der Waals surface area contributed by atoms with E-state index in [-0.39, 0.29) is 30.7 Å². The van der Waals surface area contributed by atoms with Crippen LogP contribution in [0.25, 0.3) is 0 Å². The number of hydrogen-bond acceptors (Lipinski definition) is 5. The van der Waals surface area contributed by atoms with Crippen LogP contribution in [0.4, 0.5) is 0 Å². The minimum Gasteiger partial charge on any atom is -0.384 e. The largest absolute Gasteiger partial charge is 0.384 e. The standard InChI is InChI=1S/C33H42N8O3/c1-33(25-11-6-3-7-12-25,21-23-14-17-24(18-15-23)28(34)35)31(44)41-27(19-16-22-9-4-2-5-10-22)30(43)40-26(29(36)42)13-8-20-39-32(37)38/h2-7,9-12,14-15,17-18,26-27H,8,13,16,19-21H2,1H3,(H3,34,35)(H2,36,42)(H,40,43)(H,41,44)(H4,37,38,39)/t26?,27-,33-/m0/s1. The summed E-state index contributed by atoms with van der Waals surface area (Å²) >= 11 is 0. The maximum Gasteiger partial charge on any atom is 0.243 e. The highest BCUT2D eigenvalue weighted by Crippen LogP contribution is 2.29. The van der Waals surface area contributed by atoms with Crippen molar-refractivity contribution in [3.63, 3.8) is 0 Å². The number of rotatable bonds is 16. The molecule has 11 heteroatoms. The highest BCUT2D eigenvalue weighted by Gasteiger charge is 2.38. The summed E-state index contributed by atoms with van der Waals surface area (Å²) in [6, 6.07) is 24.2. The molecule has 0 aromatic heterocycles. The van der Waals surface area contributed by atoms with Gasteiger partial charge >= 0.3 is 0 Å². The van der Waals surface area contributed by atoms with Crippen molar-refractivity contribution in [3.8, 4) is 0 Å². The van der Waals surface area contributed by atoms with Crippen LogP contribution in [0, 0.1) is 5.41 Å². The Bertz CT molecular complexity index is 1440. The second-order valence-corrected chi connectivity index (χ2v) is 10.9. The van der Waals surface area contributed by atoms with Gasteiger partial charge in [-0.2, -0.15) is 0 Å². The van der Waals surface area contributed by atoms with E-state index < -0.39 is 29.3 Å². The predicted molar refractivity (Wildman–Crippen MR) is 173 cm³/mol. The number of primary amides is 1. The molecule has 0 aliphatic heterocycles. The number of nitrogen functional groups attached to an aromatic ring is 1. The third kappa shape index (κ3) is 9.69. The molecule has 3 aromatic carbocycles. The van der Waals surface area contributed by atoms with Crippen molar-refractivity contribution in [3.05, 3.63) is 107 Å². The SMILES string of the molecule is C[C@@](Cc1ccc(C(=N)N)cc1)(C(=O)N[C@@H](CCc1ccccc1)C(=O)NC(CCCN=C(N)N)C(N)=O)c1ccccc1. The monoisotopic (exact) mass is 598 g/mol. The number of hydrogen-bond donors (Lipinski definition) is 7. The van der Waals surface area contributed by atoms with Gasteiger partial charge in [0, 0.05) is 12.1 Å². The summed E-state index contributed by atoms with van der Waals surface area (Å²) < 4.78 is 0. The summed E-state index contributed by atoms with van der Waals surface area (Å²) in [7, 11) is 0. The zero-order chi connectivity index (χ0) is 32.1. The molecule has 0 aliphatic rings. The van der Waals surface area contributed by atoms with E-state index in [1.165, 1.54) is 0 Å². The summed E-state index contributed by atoms with van der Waals surface area (Å²) in [4.78, 5) is 44.0. The van der Waals surface area contributed by atoms with Crippen LogP contribution >= 0.6 is 0 Å². The first-order valence-corrected chi connectivity index (χ1v) is 14.5. The molecule has 0 saturated carbocycles. The molecule has 3 amide bonds. The lowest BCUT2D eigenvalue weighted by molar-refractivity contribution is -0.133. The number of guanidine groups is 1. The molecular formula is C33H42N8O3. The fourth-order valence-electron chi connectivity index (χ4n) is 4.93. The van der Waals surface area contributed by atoms with Crippen LogP contribution in [0.15, 0.2) is 89.9 Å². The number of carbonyl (C=O) groups excluding carboxylic acids is 3. The van der Waals surface area contributed by atoms with Crippen LogP contribution in [-0.4, -0.2) is 48.1 Å². The number of aliphatic imine (C=N–C) groups is 1. The van der Waals surface area contributed by atoms with Gasteiger partial charge in [-0.1, -0.05) is 84.9 Å². The molecule has 3 aromatic rings. The van der Waals surface area contributed by atoms with Gasteiger partial charge in [0.15, 0.2) is 5.96 Å². The molecule has 11 nitrogen and oxygen atoms in total. The van der Waals surface area contributed by atoms with E-state index in [1.54, 1.807) is 12.1 Å². The molecule has 232 valence electrons. The van der Waals surface area contributed by atoms with Crippen LogP contribution in [-0.2, 0) is 32.6 Å². The number of nitrogens with one attached hydrogen (secondary N) is 3. The number of nitrogens with two attached hydrogens (primary N) is 4. The van der Waals surface area contributed by atoms with Crippen LogP contribution in [0.1, 0.15) is 48.4 Å². The molecule has 0 heterocycles. The van der Waals surface area contributed by atoms with Crippen molar-refractivity contribution < 1.29 is 14.4 Å². The fraction of sp³-hybridized carbons (Fsp3) is 0.303. The summed E-state index contributed by atoms with van der Waals surface area (Å²) in [5, 5.41) is 13.4. The number of benzene rings is 3. The van der Waals surface area contributed by atoms with Crippen molar-refractivity contribution in [2.75, 3.05) is 6.54 Å². The first kappa shape index (κ1) is 33.3. The van der Waals surface area contributed by atoms with E-state index in [4.69, 9.17) is 28.3 Å². The Balaban J connectivity index is 1.87. The Morgan fingerprint density at radius 1 is 0.795 bits per heavy atom. The average molecular weight is 599 g/mol. The minimum absolute atomic E-state index is 0.0436. The Hall–Kier alpha value is -5.19. The highest BCUT2D eigenvalue weighted by molar-refractivity contribution is 5.96. The van der Waals surface area contributed by atoms with Gasteiger partial charge in [0.05, 0.1) is 5.41 Å². The molecule has 0 saturated heterocycles. The van der Waals surface area contributed by atoms with E-state index in [1.807, 2.05) is 79.7 Å². The van der Waals surface area contributed by atoms with Crippen LogP contribution < -0.4 is 33.6 Å². The lowest BCUT2D eigenvalue weighted by Gasteiger charge is -2.32. The Labute approximate surface area is 258 Å². The van der Waals surface area contributed by atoms with Crippen molar-refractivity contribution in [1.29, 1.82) is 5.41 Å². The molecular weight excluding hydrogens is 556 g/mol. The smallest absolute Gasteiger partial charge is 0.243 e. The molecule has 44 heavy (non-hydrogen) atoms. The lowest BCUT2D eigenvalue weighted by atomic mass is 9.76. The van der Waals surface area contributed by atoms with E-state index in [2.05, 4.69) is 15.6 Å². The minimum atomic E-state index is -1.06. The maximum atomic E-state index is 14.2. The highest BCUT2D eigenvalue weighted by atomic mass is 16.2. The fourth-order valence-corrected chi connectivity index (χ4v) is 4.93. The van der Waals surface area contributed by atoms with Gasteiger partial charge in [-0.15, -0.1) is 0 Å². The number of aryl methyl sites for hydroxylation is 1. The molecule has 0 radical (unpaired) electrons. The number of amidine groups is 1. The van der Waals surface area contributed by atoms with Gasteiger partial charge in [0.25, 0.3) is 0 Å². The van der Waals surface area contributed by atoms with E-state index >= 15 is 0 Å². The first-order valence-electron chi connectivity index (χ1n) is 14.5. The summed E-state index contributed by atoms with van der Waals surface area (Å²) in [5.41, 5.74) is 24.1. The number of nitrogens with zero attached hydrogens (tertiary/aromatic N) is 1. The Morgan fingerprint density at radius 2 is 1.41 bits per heavy atom. The van der Waals surface area contributed by atoms with Gasteiger partial charge < -0.3 is 33.6 Å². The second-order valence-electron chi connectivity index (χ2n) is 10.9. The van der Waals surface area contributed by atoms with Gasteiger partial charge in [-0.05, 0) is 55.7 Å². The van der Waals surface area contributed by atoms with Crippen molar-refractivity contribution in [2.45, 2.75) is 56.5 Å². The third-order valence-electron chi connectivity index (χ3n) is 7.53. The van der Waals surface area contributed by atoms with Crippen LogP contribution in [0.3, 0.4) is 0 Å². The molecule has 3 rings (SSSR count). The third-order valence-corrected chi connectivity index (χ3v) is 7.53. The lowest BCUT2D eigenvalue weighted by Crippen LogP contribution is -2.56. The zero-order valence-electron chi connectivity index (χ0n) is 25.0. The molecule has 0 bridgehead atoms. The molecule has 3 atom stereocenters. The second kappa shape index (κ2) is 15.9. The maximum absolute atomic E-state index is 14.2. The van der Waals surface area contributed by atoms with Crippen LogP contribution in [0.5, 0.6) is 0 Å². The van der Waals surface area contributed by atoms with Gasteiger partial charge in [0.2, 0.25) is 17.7 Å². The zero-order valence-corrected chi connectivity index (χ0v) is 25.0. The van der Waals surface area contributed by atoms with Gasteiger partial charge in [0.1, 0.15) is 17.9 Å². The van der Waals surface area contributed by atoms with Crippen molar-refractivity contribution >= 4 is 29.5 Å². The topological polar surface area (TPSA) is 216 Å². The number of carbonyl (C=O) groups is 3. The predicted octanol–water partition coefficient (Wildman–Crippen LogP) is 1.61. The Kier molecular flexibility index (Phi) is 12.0. The van der Waals surface area contributed by atoms with Crippen LogP contribution in [0.2, 0.25) is 0 Å². The molecule has 11 N–H and O–H groups in total. The normalized spacial score (nSPS) is 13.5. The Morgan fingerprint density at radius 3 is 1.98 bits per heavy atom. The van der Waals surface area contributed by atoms with Gasteiger partial charge in [-0.25, -0.2) is 0 Å². The van der Waals surface area contributed by atoms with E-state index in [0.29, 0.717) is 31.2 Å². The van der Waals surface area contributed by atoms with Crippen molar-refractivity contribution in [1.82, 2.24) is 10.6 Å². The molecule has 0 aliphatic carbocycles. The molecule has 1 unspecified atom stereocenters. The van der Waals surface area contributed by atoms with Crippen molar-refractivity contribution in [2.24, 2.45) is 27.9 Å². The summed E-state index contributed by atoms with van der Waals surface area (Å²) in [5.74, 6) is -1.67. The van der Waals surface area contributed by atoms with Gasteiger partial charge in [-0.3, -0.25) is 24.8 Å². The molecule has 0 spiro atoms. The van der Waals surface area contributed by atoms with E-state index in [0.717, 1.165) is 16.7 Å². The quantitative estimate of drug-likeness (QED) is 0.0738. The molecule has 0 fully saturated rings. The number of amides is 3.